The molecule has 1 aliphatic carbocycles. The van der Waals surface area contributed by atoms with Crippen molar-refractivity contribution in [2.45, 2.75) is 53.4 Å². The molecular weight excluding hydrogens is 318 g/mol. The Morgan fingerprint density at radius 3 is 2.42 bits per heavy atom. The molecule has 0 heterocycles. The quantitative estimate of drug-likeness (QED) is 0.653. The lowest BCUT2D eigenvalue weighted by atomic mass is 9.92. The van der Waals surface area contributed by atoms with E-state index >= 15 is 0 Å². The first kappa shape index (κ1) is 20.2. The van der Waals surface area contributed by atoms with Gasteiger partial charge in [0.15, 0.2) is 0 Å². The van der Waals surface area contributed by atoms with Crippen LogP contribution in [0.25, 0.3) is 5.57 Å². The van der Waals surface area contributed by atoms with Crippen LogP contribution in [0.5, 0.6) is 0 Å². The van der Waals surface area contributed by atoms with Crippen molar-refractivity contribution in [3.8, 4) is 0 Å². The van der Waals surface area contributed by atoms with Gasteiger partial charge in [-0.05, 0) is 35.0 Å². The van der Waals surface area contributed by atoms with E-state index in [0.29, 0.717) is 24.8 Å². The zero-order valence-corrected chi connectivity index (χ0v) is 16.9. The molecule has 1 amide bonds. The van der Waals surface area contributed by atoms with Crippen LogP contribution in [-0.2, 0) is 4.79 Å². The van der Waals surface area contributed by atoms with Gasteiger partial charge in [-0.3, -0.25) is 4.79 Å². The van der Waals surface area contributed by atoms with Gasteiger partial charge in [-0.15, -0.1) is 0 Å². The van der Waals surface area contributed by atoms with E-state index < -0.39 is 0 Å². The molecule has 0 saturated heterocycles. The Bertz CT molecular complexity index is 689. The molecule has 0 spiro atoms. The van der Waals surface area contributed by atoms with Gasteiger partial charge in [0.25, 0.3) is 0 Å². The second-order valence-corrected chi connectivity index (χ2v) is 8.40. The fourth-order valence-electron chi connectivity index (χ4n) is 2.90. The molecule has 1 unspecified atom stereocenters. The van der Waals surface area contributed by atoms with E-state index in [9.17, 15) is 4.79 Å². The summed E-state index contributed by atoms with van der Waals surface area (Å²) in [4.78, 5) is 11.9. The Morgan fingerprint density at radius 1 is 1.08 bits per heavy atom. The fraction of sp³-hybridized carbons (Fsp3) is 0.458. The maximum atomic E-state index is 11.9. The number of carbonyl (C=O) groups excluding carboxylic acids is 1. The molecule has 1 atom stereocenters. The van der Waals surface area contributed by atoms with E-state index in [1.807, 2.05) is 0 Å². The van der Waals surface area contributed by atoms with Crippen LogP contribution in [0.1, 0.15) is 64.5 Å². The minimum Gasteiger partial charge on any atom is -0.356 e. The number of rotatable bonds is 7. The molecule has 0 fully saturated rings. The lowest BCUT2D eigenvalue weighted by Crippen LogP contribution is -2.27. The topological polar surface area (TPSA) is 29.1 Å². The maximum absolute atomic E-state index is 11.9. The van der Waals surface area contributed by atoms with E-state index in [4.69, 9.17) is 0 Å². The van der Waals surface area contributed by atoms with E-state index in [1.54, 1.807) is 0 Å². The number of hydrogen-bond acceptors (Lipinski definition) is 1. The average molecular weight is 352 g/mol. The number of hydrogen-bond donors (Lipinski definition) is 1. The zero-order chi connectivity index (χ0) is 19.2. The minimum absolute atomic E-state index is 0.0977. The summed E-state index contributed by atoms with van der Waals surface area (Å²) < 4.78 is 0. The summed E-state index contributed by atoms with van der Waals surface area (Å²) >= 11 is 0. The van der Waals surface area contributed by atoms with Crippen LogP contribution in [0, 0.1) is 11.3 Å². The molecule has 0 radical (unpaired) electrons. The van der Waals surface area contributed by atoms with Gasteiger partial charge in [-0.1, -0.05) is 89.3 Å². The summed E-state index contributed by atoms with van der Waals surface area (Å²) in [6.07, 6.45) is 12.5. The van der Waals surface area contributed by atoms with Gasteiger partial charge in [0.2, 0.25) is 5.91 Å². The van der Waals surface area contributed by atoms with Crippen LogP contribution >= 0.6 is 0 Å². The molecule has 1 aliphatic rings. The van der Waals surface area contributed by atoms with Gasteiger partial charge in [0.05, 0.1) is 0 Å². The zero-order valence-electron chi connectivity index (χ0n) is 16.9. The van der Waals surface area contributed by atoms with E-state index in [0.717, 1.165) is 6.42 Å². The van der Waals surface area contributed by atoms with Crippen molar-refractivity contribution in [1.29, 1.82) is 0 Å². The lowest BCUT2D eigenvalue weighted by Gasteiger charge is -2.15. The minimum atomic E-state index is 0.0977. The Morgan fingerprint density at radius 2 is 1.77 bits per heavy atom. The molecule has 2 rings (SSSR count). The monoisotopic (exact) mass is 351 g/mol. The highest BCUT2D eigenvalue weighted by Crippen LogP contribution is 2.27. The van der Waals surface area contributed by atoms with Crippen LogP contribution in [0.15, 0.2) is 54.6 Å². The number of nitrogens with one attached hydrogen (secondary N) is 1. The molecule has 0 saturated carbocycles. The van der Waals surface area contributed by atoms with Crippen molar-refractivity contribution in [2.75, 3.05) is 6.54 Å². The first-order chi connectivity index (χ1) is 12.3. The Labute approximate surface area is 159 Å². The van der Waals surface area contributed by atoms with E-state index in [2.05, 4.69) is 94.6 Å². The van der Waals surface area contributed by atoms with Gasteiger partial charge >= 0.3 is 0 Å². The van der Waals surface area contributed by atoms with Crippen molar-refractivity contribution < 1.29 is 4.79 Å². The summed E-state index contributed by atoms with van der Waals surface area (Å²) in [5.74, 6) is 1.04. The molecule has 140 valence electrons. The van der Waals surface area contributed by atoms with E-state index in [1.165, 1.54) is 16.7 Å². The predicted molar refractivity (Wildman–Crippen MR) is 112 cm³/mol. The van der Waals surface area contributed by atoms with Crippen LogP contribution in [0.4, 0.5) is 0 Å². The predicted octanol–water partition coefficient (Wildman–Crippen LogP) is 5.88. The Kier molecular flexibility index (Phi) is 7.02. The van der Waals surface area contributed by atoms with Crippen LogP contribution < -0.4 is 5.32 Å². The molecule has 0 bridgehead atoms. The standard InChI is InChI=1S/C24H33NO/c1-18(2)8-13-23(26)25-17-19(3)20-9-11-22(12-10-20)21-7-6-15-24(4,5)16-14-21/h6-7,9-12,14-16,18-19H,8,13,17H2,1-5H3,(H,25,26). The van der Waals surface area contributed by atoms with Crippen molar-refractivity contribution in [1.82, 2.24) is 5.32 Å². The molecule has 0 aliphatic heterocycles. The van der Waals surface area contributed by atoms with Crippen LogP contribution in [0.2, 0.25) is 0 Å². The summed E-state index contributed by atoms with van der Waals surface area (Å²) in [6, 6.07) is 8.70. The second kappa shape index (κ2) is 9.02. The lowest BCUT2D eigenvalue weighted by molar-refractivity contribution is -0.121. The highest BCUT2D eigenvalue weighted by Gasteiger charge is 2.12. The summed E-state index contributed by atoms with van der Waals surface area (Å²) in [7, 11) is 0. The molecule has 1 aromatic carbocycles. The number of amides is 1. The third-order valence-electron chi connectivity index (χ3n) is 4.86. The SMILES string of the molecule is CC(C)CCC(=O)NCC(C)c1ccc(C2=CC=CC(C)(C)C=C2)cc1. The maximum Gasteiger partial charge on any atom is 0.220 e. The van der Waals surface area contributed by atoms with Crippen LogP contribution in [0.3, 0.4) is 0 Å². The highest BCUT2D eigenvalue weighted by atomic mass is 16.1. The fourth-order valence-corrected chi connectivity index (χ4v) is 2.90. The Balaban J connectivity index is 1.93. The first-order valence-electron chi connectivity index (χ1n) is 9.72. The highest BCUT2D eigenvalue weighted by molar-refractivity contribution is 5.76. The van der Waals surface area contributed by atoms with Gasteiger partial charge in [0, 0.05) is 18.4 Å². The third-order valence-corrected chi connectivity index (χ3v) is 4.86. The van der Waals surface area contributed by atoms with Crippen molar-refractivity contribution in [2.24, 2.45) is 11.3 Å². The summed E-state index contributed by atoms with van der Waals surface area (Å²) in [5.41, 5.74) is 3.81. The number of benzene rings is 1. The van der Waals surface area contributed by atoms with Gasteiger partial charge in [-0.25, -0.2) is 0 Å². The molecule has 1 N–H and O–H groups in total. The van der Waals surface area contributed by atoms with Crippen molar-refractivity contribution in [3.05, 3.63) is 65.8 Å². The second-order valence-electron chi connectivity index (χ2n) is 8.40. The molecule has 0 aromatic heterocycles. The largest absolute Gasteiger partial charge is 0.356 e. The smallest absolute Gasteiger partial charge is 0.220 e. The van der Waals surface area contributed by atoms with Crippen molar-refractivity contribution in [3.63, 3.8) is 0 Å². The number of allylic oxidation sites excluding steroid dienone is 6. The number of carbonyl (C=O) groups is 1. The normalized spacial score (nSPS) is 16.9. The van der Waals surface area contributed by atoms with Crippen LogP contribution in [-0.4, -0.2) is 12.5 Å². The average Bonchev–Trinajstić information content (AvgIpc) is 2.78. The molecule has 2 heteroatoms. The van der Waals surface area contributed by atoms with Crippen molar-refractivity contribution >= 4 is 11.5 Å². The Hall–Kier alpha value is -2.09. The van der Waals surface area contributed by atoms with Gasteiger partial charge in [-0.2, -0.15) is 0 Å². The van der Waals surface area contributed by atoms with Gasteiger partial charge < -0.3 is 5.32 Å². The first-order valence-corrected chi connectivity index (χ1v) is 9.72. The molecule has 2 nitrogen and oxygen atoms in total. The third kappa shape index (κ3) is 6.33. The molecule has 1 aromatic rings. The summed E-state index contributed by atoms with van der Waals surface area (Å²) in [5, 5.41) is 3.06. The molecule has 26 heavy (non-hydrogen) atoms. The summed E-state index contributed by atoms with van der Waals surface area (Å²) in [6.45, 7) is 11.6. The van der Waals surface area contributed by atoms with E-state index in [-0.39, 0.29) is 11.3 Å². The van der Waals surface area contributed by atoms with Gasteiger partial charge in [0.1, 0.15) is 0 Å². The molecular formula is C24H33NO.